The fraction of sp³-hybridized carbons (Fsp3) is 0.571. The Hall–Kier alpha value is -0.800. The van der Waals surface area contributed by atoms with Crippen molar-refractivity contribution in [2.45, 2.75) is 44.7 Å². The van der Waals surface area contributed by atoms with Gasteiger partial charge in [-0.15, -0.1) is 0 Å². The Morgan fingerprint density at radius 1 is 1.50 bits per heavy atom. The minimum absolute atomic E-state index is 0.230. The summed E-state index contributed by atoms with van der Waals surface area (Å²) < 4.78 is 13.6. The molecule has 0 saturated carbocycles. The van der Waals surface area contributed by atoms with E-state index in [1.807, 2.05) is 0 Å². The highest BCUT2D eigenvalue weighted by Crippen LogP contribution is 2.21. The molecule has 1 aliphatic heterocycles. The summed E-state index contributed by atoms with van der Waals surface area (Å²) >= 11 is 5.87. The summed E-state index contributed by atoms with van der Waals surface area (Å²) in [5, 5.41) is 7.26. The van der Waals surface area contributed by atoms with E-state index in [0.717, 1.165) is 13.0 Å². The zero-order chi connectivity index (χ0) is 13.0. The van der Waals surface area contributed by atoms with Crippen molar-refractivity contribution in [3.63, 3.8) is 0 Å². The van der Waals surface area contributed by atoms with Crippen LogP contribution in [0.5, 0.6) is 0 Å². The van der Waals surface area contributed by atoms with Gasteiger partial charge in [-0.1, -0.05) is 18.0 Å². The Bertz CT molecular complexity index is 391. The van der Waals surface area contributed by atoms with Crippen LogP contribution in [-0.2, 0) is 0 Å². The summed E-state index contributed by atoms with van der Waals surface area (Å²) in [6, 6.07) is 5.38. The predicted octanol–water partition coefficient (Wildman–Crippen LogP) is 3.81. The van der Waals surface area contributed by atoms with Gasteiger partial charge in [0.1, 0.15) is 5.82 Å². The molecule has 0 radical (unpaired) electrons. The lowest BCUT2D eigenvalue weighted by molar-refractivity contribution is 0.371. The standard InChI is InChI=1S/C14H20ClFN2/c1-10(8-12-4-2-3-7-17-12)18-14-9-11(15)5-6-13(14)16/h5-6,9-10,12,17-18H,2-4,7-8H2,1H3. The van der Waals surface area contributed by atoms with Gasteiger partial charge in [-0.3, -0.25) is 0 Å². The van der Waals surface area contributed by atoms with Gasteiger partial charge in [0.15, 0.2) is 0 Å². The minimum Gasteiger partial charge on any atom is -0.380 e. The van der Waals surface area contributed by atoms with Gasteiger partial charge >= 0.3 is 0 Å². The molecule has 0 bridgehead atoms. The van der Waals surface area contributed by atoms with E-state index in [2.05, 4.69) is 17.6 Å². The molecule has 2 atom stereocenters. The van der Waals surface area contributed by atoms with Crippen LogP contribution in [0.1, 0.15) is 32.6 Å². The maximum atomic E-state index is 13.6. The third-order valence-corrected chi connectivity index (χ3v) is 3.62. The highest BCUT2D eigenvalue weighted by Gasteiger charge is 2.16. The van der Waals surface area contributed by atoms with E-state index in [1.54, 1.807) is 12.1 Å². The first-order valence-corrected chi connectivity index (χ1v) is 6.98. The molecule has 1 heterocycles. The van der Waals surface area contributed by atoms with Crippen LogP contribution in [0.4, 0.5) is 10.1 Å². The van der Waals surface area contributed by atoms with E-state index in [-0.39, 0.29) is 11.9 Å². The van der Waals surface area contributed by atoms with Crippen LogP contribution in [-0.4, -0.2) is 18.6 Å². The van der Waals surface area contributed by atoms with Crippen molar-refractivity contribution in [1.29, 1.82) is 0 Å². The van der Waals surface area contributed by atoms with E-state index >= 15 is 0 Å². The Balaban J connectivity index is 1.89. The van der Waals surface area contributed by atoms with Crippen molar-refractivity contribution in [3.8, 4) is 0 Å². The molecule has 2 nitrogen and oxygen atoms in total. The minimum atomic E-state index is -0.247. The third-order valence-electron chi connectivity index (χ3n) is 3.38. The number of halogens is 2. The molecule has 2 rings (SSSR count). The molecule has 1 saturated heterocycles. The van der Waals surface area contributed by atoms with Crippen LogP contribution in [0.3, 0.4) is 0 Å². The van der Waals surface area contributed by atoms with Crippen LogP contribution in [0.25, 0.3) is 0 Å². The van der Waals surface area contributed by atoms with E-state index in [1.165, 1.54) is 25.3 Å². The predicted molar refractivity (Wildman–Crippen MR) is 74.8 cm³/mol. The fourth-order valence-corrected chi connectivity index (χ4v) is 2.66. The van der Waals surface area contributed by atoms with Crippen molar-refractivity contribution in [2.24, 2.45) is 0 Å². The van der Waals surface area contributed by atoms with Gasteiger partial charge < -0.3 is 10.6 Å². The normalized spacial score (nSPS) is 21.6. The van der Waals surface area contributed by atoms with Crippen molar-refractivity contribution in [3.05, 3.63) is 29.0 Å². The van der Waals surface area contributed by atoms with Crippen molar-refractivity contribution < 1.29 is 4.39 Å². The van der Waals surface area contributed by atoms with Gasteiger partial charge in [0.25, 0.3) is 0 Å². The molecule has 100 valence electrons. The SMILES string of the molecule is CC(CC1CCCCN1)Nc1cc(Cl)ccc1F. The number of anilines is 1. The summed E-state index contributed by atoms with van der Waals surface area (Å²) in [6.45, 7) is 3.18. The van der Waals surface area contributed by atoms with Crippen LogP contribution in [0.15, 0.2) is 18.2 Å². The Kier molecular flexibility index (Phi) is 4.84. The van der Waals surface area contributed by atoms with Crippen LogP contribution in [0.2, 0.25) is 5.02 Å². The first kappa shape index (κ1) is 13.6. The molecule has 1 aliphatic rings. The molecular formula is C14H20ClFN2. The summed E-state index contributed by atoms with van der Waals surface area (Å²) in [4.78, 5) is 0. The van der Waals surface area contributed by atoms with Gasteiger partial charge in [0.05, 0.1) is 5.69 Å². The van der Waals surface area contributed by atoms with Gasteiger partial charge in [-0.2, -0.15) is 0 Å². The molecule has 0 amide bonds. The average molecular weight is 271 g/mol. The third kappa shape index (κ3) is 3.85. The average Bonchev–Trinajstić information content (AvgIpc) is 2.35. The molecular weight excluding hydrogens is 251 g/mol. The van der Waals surface area contributed by atoms with Crippen LogP contribution >= 0.6 is 11.6 Å². The summed E-state index contributed by atoms with van der Waals surface area (Å²) in [6.07, 6.45) is 4.77. The molecule has 2 unspecified atom stereocenters. The first-order valence-electron chi connectivity index (χ1n) is 6.60. The molecule has 1 fully saturated rings. The number of piperidine rings is 1. The summed E-state index contributed by atoms with van der Waals surface area (Å²) in [5.74, 6) is -0.247. The molecule has 2 N–H and O–H groups in total. The number of rotatable bonds is 4. The summed E-state index contributed by atoms with van der Waals surface area (Å²) in [7, 11) is 0. The molecule has 0 spiro atoms. The van der Waals surface area contributed by atoms with Gasteiger partial charge in [0.2, 0.25) is 0 Å². The molecule has 0 aromatic heterocycles. The number of hydrogen-bond donors (Lipinski definition) is 2. The first-order chi connectivity index (χ1) is 8.65. The maximum absolute atomic E-state index is 13.6. The Labute approximate surface area is 113 Å². The number of nitrogens with one attached hydrogen (secondary N) is 2. The second-order valence-corrected chi connectivity index (χ2v) is 5.49. The van der Waals surface area contributed by atoms with Crippen molar-refractivity contribution >= 4 is 17.3 Å². The summed E-state index contributed by atoms with van der Waals surface area (Å²) in [5.41, 5.74) is 0.491. The second kappa shape index (κ2) is 6.39. The second-order valence-electron chi connectivity index (χ2n) is 5.05. The molecule has 0 aliphatic carbocycles. The zero-order valence-corrected chi connectivity index (χ0v) is 11.4. The molecule has 18 heavy (non-hydrogen) atoms. The van der Waals surface area contributed by atoms with Crippen LogP contribution in [0, 0.1) is 5.82 Å². The van der Waals surface area contributed by atoms with Gasteiger partial charge in [-0.25, -0.2) is 4.39 Å². The molecule has 1 aromatic rings. The van der Waals surface area contributed by atoms with Crippen molar-refractivity contribution in [1.82, 2.24) is 5.32 Å². The number of hydrogen-bond acceptors (Lipinski definition) is 2. The fourth-order valence-electron chi connectivity index (χ4n) is 2.48. The van der Waals surface area contributed by atoms with E-state index in [4.69, 9.17) is 11.6 Å². The lowest BCUT2D eigenvalue weighted by atomic mass is 9.98. The smallest absolute Gasteiger partial charge is 0.146 e. The van der Waals surface area contributed by atoms with Crippen molar-refractivity contribution in [2.75, 3.05) is 11.9 Å². The highest BCUT2D eigenvalue weighted by molar-refractivity contribution is 6.30. The zero-order valence-electron chi connectivity index (χ0n) is 10.7. The molecule has 4 heteroatoms. The monoisotopic (exact) mass is 270 g/mol. The Morgan fingerprint density at radius 2 is 2.33 bits per heavy atom. The van der Waals surface area contributed by atoms with Gasteiger partial charge in [0, 0.05) is 17.1 Å². The van der Waals surface area contributed by atoms with Gasteiger partial charge in [-0.05, 0) is 50.9 Å². The maximum Gasteiger partial charge on any atom is 0.146 e. The molecule has 1 aromatic carbocycles. The van der Waals surface area contributed by atoms with Crippen LogP contribution < -0.4 is 10.6 Å². The highest BCUT2D eigenvalue weighted by atomic mass is 35.5. The lowest BCUT2D eigenvalue weighted by Crippen LogP contribution is -2.37. The quantitative estimate of drug-likeness (QED) is 0.869. The van der Waals surface area contributed by atoms with E-state index in [0.29, 0.717) is 16.8 Å². The Morgan fingerprint density at radius 3 is 3.06 bits per heavy atom. The topological polar surface area (TPSA) is 24.1 Å². The number of benzene rings is 1. The van der Waals surface area contributed by atoms with E-state index in [9.17, 15) is 4.39 Å². The van der Waals surface area contributed by atoms with E-state index < -0.39 is 0 Å². The largest absolute Gasteiger partial charge is 0.380 e. The lowest BCUT2D eigenvalue weighted by Gasteiger charge is -2.27.